The summed E-state index contributed by atoms with van der Waals surface area (Å²) in [6.07, 6.45) is 11.6. The van der Waals surface area contributed by atoms with E-state index in [2.05, 4.69) is 4.31 Å². The molecular formula is C14H29NOS3. The van der Waals surface area contributed by atoms with Gasteiger partial charge in [-0.25, -0.2) is 4.31 Å². The highest BCUT2D eigenvalue weighted by atomic mass is 33.1. The number of nitrogens with zero attached hydrogens (tertiary/aromatic N) is 1. The van der Waals surface area contributed by atoms with Crippen LogP contribution in [0.5, 0.6) is 0 Å². The fourth-order valence-electron chi connectivity index (χ4n) is 2.89. The number of rotatable bonds is 6. The molecule has 0 radical (unpaired) electrons. The van der Waals surface area contributed by atoms with E-state index in [0.29, 0.717) is 6.42 Å². The minimum Gasteiger partial charge on any atom is -0.300 e. The van der Waals surface area contributed by atoms with Gasteiger partial charge in [0.05, 0.1) is 0 Å². The van der Waals surface area contributed by atoms with Crippen molar-refractivity contribution in [2.75, 3.05) is 19.8 Å². The van der Waals surface area contributed by atoms with Crippen molar-refractivity contribution >= 4 is 41.1 Å². The van der Waals surface area contributed by atoms with Gasteiger partial charge in [-0.15, -0.1) is 0 Å². The molecule has 0 amide bonds. The minimum absolute atomic E-state index is 0. The SMILES string of the molecule is C1CC2CCC1C2.CSSN(C)CCCC(C)=O.S. The van der Waals surface area contributed by atoms with Gasteiger partial charge < -0.3 is 4.79 Å². The third-order valence-corrected chi connectivity index (χ3v) is 5.63. The average molecular weight is 324 g/mol. The van der Waals surface area contributed by atoms with Crippen LogP contribution in [-0.4, -0.2) is 29.9 Å². The zero-order chi connectivity index (χ0) is 13.4. The van der Waals surface area contributed by atoms with Gasteiger partial charge in [-0.3, -0.25) is 0 Å². The van der Waals surface area contributed by atoms with E-state index in [9.17, 15) is 4.79 Å². The Balaban J connectivity index is 0.000000345. The summed E-state index contributed by atoms with van der Waals surface area (Å²) in [7, 11) is 5.49. The second kappa shape index (κ2) is 11.4. The van der Waals surface area contributed by atoms with Gasteiger partial charge in [-0.2, -0.15) is 13.5 Å². The van der Waals surface area contributed by atoms with Crippen LogP contribution in [0.1, 0.15) is 51.9 Å². The van der Waals surface area contributed by atoms with Gasteiger partial charge in [0.15, 0.2) is 0 Å². The third kappa shape index (κ3) is 9.27. The molecule has 5 heteroatoms. The average Bonchev–Trinajstić information content (AvgIpc) is 2.93. The summed E-state index contributed by atoms with van der Waals surface area (Å²) in [4.78, 5) is 10.6. The van der Waals surface area contributed by atoms with Crippen LogP contribution in [0.4, 0.5) is 0 Å². The Kier molecular flexibility index (Phi) is 11.8. The number of Topliss-reactive ketones (excluding diaryl/α,β-unsaturated/α-hetero) is 1. The van der Waals surface area contributed by atoms with Gasteiger partial charge in [0.1, 0.15) is 5.78 Å². The van der Waals surface area contributed by atoms with E-state index in [4.69, 9.17) is 0 Å². The molecule has 0 N–H and O–H groups in total. The van der Waals surface area contributed by atoms with Crippen molar-refractivity contribution in [3.05, 3.63) is 0 Å². The van der Waals surface area contributed by atoms with Crippen LogP contribution in [0.25, 0.3) is 0 Å². The van der Waals surface area contributed by atoms with Crippen LogP contribution in [0, 0.1) is 11.8 Å². The van der Waals surface area contributed by atoms with E-state index in [0.717, 1.165) is 13.0 Å². The summed E-state index contributed by atoms with van der Waals surface area (Å²) >= 11 is 0. The van der Waals surface area contributed by atoms with Gasteiger partial charge in [-0.1, -0.05) is 36.5 Å². The summed E-state index contributed by atoms with van der Waals surface area (Å²) in [6, 6.07) is 0. The van der Waals surface area contributed by atoms with Crippen LogP contribution >= 0.6 is 35.3 Å². The summed E-state index contributed by atoms with van der Waals surface area (Å²) in [5, 5.41) is 0. The molecule has 0 atom stereocenters. The maximum atomic E-state index is 10.6. The van der Waals surface area contributed by atoms with Crippen LogP contribution in [-0.2, 0) is 4.79 Å². The molecule has 2 bridgehead atoms. The molecular weight excluding hydrogens is 294 g/mol. The maximum Gasteiger partial charge on any atom is 0.129 e. The topological polar surface area (TPSA) is 20.3 Å². The molecule has 0 saturated heterocycles. The normalized spacial score (nSPS) is 23.8. The van der Waals surface area contributed by atoms with Crippen LogP contribution < -0.4 is 0 Å². The Morgan fingerprint density at radius 2 is 1.74 bits per heavy atom. The molecule has 2 saturated carbocycles. The summed E-state index contributed by atoms with van der Waals surface area (Å²) < 4.78 is 2.15. The number of hydrogen-bond donors (Lipinski definition) is 0. The van der Waals surface area contributed by atoms with Gasteiger partial charge in [0.2, 0.25) is 0 Å². The highest BCUT2D eigenvalue weighted by Crippen LogP contribution is 2.43. The van der Waals surface area contributed by atoms with Crippen LogP contribution in [0.3, 0.4) is 0 Å². The first kappa shape index (κ1) is 19.7. The smallest absolute Gasteiger partial charge is 0.129 e. The number of carbonyl (C=O) groups excluding carboxylic acids is 1. The Morgan fingerprint density at radius 1 is 1.21 bits per heavy atom. The molecule has 0 spiro atoms. The molecule has 2 aliphatic rings. The first-order chi connectivity index (χ1) is 8.61. The van der Waals surface area contributed by atoms with Gasteiger partial charge >= 0.3 is 0 Å². The van der Waals surface area contributed by atoms with Crippen LogP contribution in [0.2, 0.25) is 0 Å². The first-order valence-electron chi connectivity index (χ1n) is 7.03. The quantitative estimate of drug-likeness (QED) is 0.528. The molecule has 2 nitrogen and oxygen atoms in total. The lowest BCUT2D eigenvalue weighted by molar-refractivity contribution is -0.117. The lowest BCUT2D eigenvalue weighted by atomic mass is 10.0. The van der Waals surface area contributed by atoms with Crippen molar-refractivity contribution in [3.8, 4) is 0 Å². The molecule has 2 rings (SSSR count). The zero-order valence-electron chi connectivity index (χ0n) is 12.5. The molecule has 0 aromatic carbocycles. The predicted molar refractivity (Wildman–Crippen MR) is 94.1 cm³/mol. The number of ketones is 1. The molecule has 0 aromatic rings. The van der Waals surface area contributed by atoms with Gasteiger partial charge in [0.25, 0.3) is 0 Å². The molecule has 0 heterocycles. The van der Waals surface area contributed by atoms with Crippen molar-refractivity contribution in [1.82, 2.24) is 4.31 Å². The van der Waals surface area contributed by atoms with E-state index in [1.54, 1.807) is 60.8 Å². The third-order valence-electron chi connectivity index (χ3n) is 3.84. The molecule has 0 unspecified atom stereocenters. The van der Waals surface area contributed by atoms with Crippen molar-refractivity contribution < 1.29 is 4.79 Å². The highest BCUT2D eigenvalue weighted by Gasteiger charge is 2.30. The number of hydrogen-bond acceptors (Lipinski definition) is 4. The van der Waals surface area contributed by atoms with Crippen molar-refractivity contribution in [2.45, 2.75) is 51.9 Å². The maximum absolute atomic E-state index is 10.6. The van der Waals surface area contributed by atoms with E-state index >= 15 is 0 Å². The lowest BCUT2D eigenvalue weighted by Gasteiger charge is -2.11. The Morgan fingerprint density at radius 3 is 2.05 bits per heavy atom. The van der Waals surface area contributed by atoms with E-state index in [1.165, 1.54) is 11.8 Å². The summed E-state index contributed by atoms with van der Waals surface area (Å²) in [5.74, 6) is 2.63. The predicted octanol–water partition coefficient (Wildman–Crippen LogP) is 4.52. The lowest BCUT2D eigenvalue weighted by Crippen LogP contribution is -2.10. The Labute approximate surface area is 133 Å². The van der Waals surface area contributed by atoms with Crippen molar-refractivity contribution in [1.29, 1.82) is 0 Å². The van der Waals surface area contributed by atoms with Crippen LogP contribution in [0.15, 0.2) is 0 Å². The number of fused-ring (bicyclic) bond motifs is 2. The highest BCUT2D eigenvalue weighted by molar-refractivity contribution is 8.75. The molecule has 2 aliphatic carbocycles. The second-order valence-corrected chi connectivity index (χ2v) is 8.07. The molecule has 19 heavy (non-hydrogen) atoms. The Hall–Kier alpha value is 0.680. The molecule has 114 valence electrons. The Bertz CT molecular complexity index is 233. The standard InChI is InChI=1S/C7H15NOS2.C7H12.H2S/c1-7(9)5-4-6-8(2)11-10-3;1-2-7-4-3-6(1)5-7;/h4-6H2,1-3H3;6-7H,1-5H2;1H2. The fourth-order valence-corrected chi connectivity index (χ4v) is 4.33. The molecule has 2 fully saturated rings. The minimum atomic E-state index is 0. The van der Waals surface area contributed by atoms with E-state index in [1.807, 2.05) is 13.3 Å². The molecule has 0 aromatic heterocycles. The van der Waals surface area contributed by atoms with E-state index < -0.39 is 0 Å². The largest absolute Gasteiger partial charge is 0.300 e. The van der Waals surface area contributed by atoms with Gasteiger partial charge in [0, 0.05) is 13.0 Å². The monoisotopic (exact) mass is 323 g/mol. The first-order valence-corrected chi connectivity index (χ1v) is 9.54. The summed E-state index contributed by atoms with van der Waals surface area (Å²) in [5.41, 5.74) is 0. The second-order valence-electron chi connectivity index (χ2n) is 5.52. The number of carbonyl (C=O) groups is 1. The van der Waals surface area contributed by atoms with Gasteiger partial charge in [-0.05, 0) is 55.9 Å². The molecule has 0 aliphatic heterocycles. The van der Waals surface area contributed by atoms with E-state index in [-0.39, 0.29) is 19.3 Å². The van der Waals surface area contributed by atoms with Crippen molar-refractivity contribution in [3.63, 3.8) is 0 Å². The zero-order valence-corrected chi connectivity index (χ0v) is 15.1. The summed E-state index contributed by atoms with van der Waals surface area (Å²) in [6.45, 7) is 2.63. The fraction of sp³-hybridized carbons (Fsp3) is 0.929. The van der Waals surface area contributed by atoms with Crippen molar-refractivity contribution in [2.24, 2.45) is 11.8 Å².